The molecule has 1 saturated carbocycles. The van der Waals surface area contributed by atoms with Crippen LogP contribution in [0.2, 0.25) is 0 Å². The van der Waals surface area contributed by atoms with Gasteiger partial charge in [-0.3, -0.25) is 13.9 Å². The van der Waals surface area contributed by atoms with Gasteiger partial charge in [0.1, 0.15) is 11.3 Å². The first kappa shape index (κ1) is 14.8. The number of rotatable bonds is 5. The SMILES string of the molecule is C=CCn1c(=O)c2[nH]c(C3CCCC3)nc2n(CCC)c1=O. The quantitative estimate of drug-likeness (QED) is 0.860. The molecule has 1 aliphatic rings. The zero-order valence-corrected chi connectivity index (χ0v) is 13.0. The Kier molecular flexibility index (Phi) is 4.00. The number of hydrogen-bond donors (Lipinski definition) is 1. The van der Waals surface area contributed by atoms with Crippen molar-refractivity contribution in [2.24, 2.45) is 0 Å². The number of nitrogens with zero attached hydrogens (tertiary/aromatic N) is 3. The van der Waals surface area contributed by atoms with Gasteiger partial charge in [0.25, 0.3) is 5.56 Å². The minimum absolute atomic E-state index is 0.217. The van der Waals surface area contributed by atoms with Crippen molar-refractivity contribution in [1.29, 1.82) is 0 Å². The Morgan fingerprint density at radius 2 is 2.05 bits per heavy atom. The molecule has 1 fully saturated rings. The maximum absolute atomic E-state index is 12.6. The lowest BCUT2D eigenvalue weighted by molar-refractivity contribution is 0.593. The smallest absolute Gasteiger partial charge is 0.333 e. The van der Waals surface area contributed by atoms with Crippen molar-refractivity contribution in [2.75, 3.05) is 0 Å². The Labute approximate surface area is 128 Å². The van der Waals surface area contributed by atoms with Crippen LogP contribution in [-0.4, -0.2) is 19.1 Å². The maximum Gasteiger partial charge on any atom is 0.333 e. The number of imidazole rings is 1. The molecule has 22 heavy (non-hydrogen) atoms. The molecule has 2 heterocycles. The molecule has 1 N–H and O–H groups in total. The van der Waals surface area contributed by atoms with Crippen LogP contribution in [0.5, 0.6) is 0 Å². The van der Waals surface area contributed by atoms with Crippen LogP contribution in [0.4, 0.5) is 0 Å². The van der Waals surface area contributed by atoms with E-state index in [2.05, 4.69) is 16.5 Å². The number of H-pyrrole nitrogens is 1. The van der Waals surface area contributed by atoms with E-state index in [0.29, 0.717) is 23.6 Å². The van der Waals surface area contributed by atoms with Gasteiger partial charge in [-0.15, -0.1) is 6.58 Å². The highest BCUT2D eigenvalue weighted by Gasteiger charge is 2.23. The van der Waals surface area contributed by atoms with Gasteiger partial charge >= 0.3 is 5.69 Å². The van der Waals surface area contributed by atoms with Crippen molar-refractivity contribution < 1.29 is 0 Å². The van der Waals surface area contributed by atoms with Crippen LogP contribution < -0.4 is 11.2 Å². The average Bonchev–Trinajstić information content (AvgIpc) is 3.16. The van der Waals surface area contributed by atoms with E-state index in [9.17, 15) is 9.59 Å². The second kappa shape index (κ2) is 5.94. The molecular weight excluding hydrogens is 280 g/mol. The lowest BCUT2D eigenvalue weighted by Gasteiger charge is -2.08. The van der Waals surface area contributed by atoms with Crippen LogP contribution in [0.25, 0.3) is 11.2 Å². The summed E-state index contributed by atoms with van der Waals surface area (Å²) in [4.78, 5) is 32.9. The Morgan fingerprint density at radius 3 is 2.68 bits per heavy atom. The van der Waals surface area contributed by atoms with Crippen molar-refractivity contribution in [3.8, 4) is 0 Å². The van der Waals surface area contributed by atoms with Gasteiger partial charge in [-0.25, -0.2) is 9.78 Å². The zero-order valence-electron chi connectivity index (χ0n) is 13.0. The molecule has 0 bridgehead atoms. The molecule has 1 aliphatic carbocycles. The van der Waals surface area contributed by atoms with E-state index in [1.165, 1.54) is 17.4 Å². The fourth-order valence-corrected chi connectivity index (χ4v) is 3.29. The highest BCUT2D eigenvalue weighted by molar-refractivity contribution is 5.70. The van der Waals surface area contributed by atoms with Crippen LogP contribution >= 0.6 is 0 Å². The van der Waals surface area contributed by atoms with Gasteiger partial charge in [-0.05, 0) is 19.3 Å². The Bertz CT molecular complexity index is 806. The lowest BCUT2D eigenvalue weighted by Crippen LogP contribution is -2.39. The summed E-state index contributed by atoms with van der Waals surface area (Å²) in [6.45, 7) is 6.41. The standard InChI is InChI=1S/C16H22N4O2/c1-3-9-19-14-12(15(21)20(10-4-2)16(19)22)17-13(18-14)11-7-5-6-8-11/h4,11H,2-3,5-10H2,1H3,(H,17,18). The normalized spacial score (nSPS) is 15.7. The predicted octanol–water partition coefficient (Wildman–Crippen LogP) is 2.14. The molecule has 2 aromatic heterocycles. The lowest BCUT2D eigenvalue weighted by atomic mass is 10.1. The van der Waals surface area contributed by atoms with Crippen molar-refractivity contribution in [3.05, 3.63) is 39.3 Å². The van der Waals surface area contributed by atoms with E-state index >= 15 is 0 Å². The molecule has 6 heteroatoms. The first-order valence-corrected chi connectivity index (χ1v) is 8.01. The molecule has 3 rings (SSSR count). The number of aromatic nitrogens is 4. The molecule has 0 aliphatic heterocycles. The van der Waals surface area contributed by atoms with E-state index in [-0.39, 0.29) is 17.8 Å². The van der Waals surface area contributed by atoms with Crippen molar-refractivity contribution in [3.63, 3.8) is 0 Å². The minimum atomic E-state index is -0.302. The topological polar surface area (TPSA) is 72.7 Å². The fraction of sp³-hybridized carbons (Fsp3) is 0.562. The van der Waals surface area contributed by atoms with Gasteiger partial charge in [0.05, 0.1) is 0 Å². The van der Waals surface area contributed by atoms with Gasteiger partial charge in [-0.1, -0.05) is 25.8 Å². The molecule has 0 atom stereocenters. The Morgan fingerprint density at radius 1 is 1.32 bits per heavy atom. The zero-order chi connectivity index (χ0) is 15.7. The monoisotopic (exact) mass is 302 g/mol. The van der Waals surface area contributed by atoms with E-state index < -0.39 is 0 Å². The fourth-order valence-electron chi connectivity index (χ4n) is 3.29. The van der Waals surface area contributed by atoms with Crippen molar-refractivity contribution in [2.45, 2.75) is 58.0 Å². The first-order chi connectivity index (χ1) is 10.7. The number of aromatic amines is 1. The summed E-state index contributed by atoms with van der Waals surface area (Å²) in [5, 5.41) is 0. The number of allylic oxidation sites excluding steroid dienone is 1. The molecule has 0 aromatic carbocycles. The van der Waals surface area contributed by atoms with E-state index in [1.807, 2.05) is 6.92 Å². The Balaban J connectivity index is 2.25. The van der Waals surface area contributed by atoms with Crippen LogP contribution in [-0.2, 0) is 13.1 Å². The third-order valence-corrected chi connectivity index (χ3v) is 4.38. The molecule has 6 nitrogen and oxygen atoms in total. The molecule has 0 saturated heterocycles. The van der Waals surface area contributed by atoms with Crippen molar-refractivity contribution in [1.82, 2.24) is 19.1 Å². The summed E-state index contributed by atoms with van der Waals surface area (Å²) in [6, 6.07) is 0. The highest BCUT2D eigenvalue weighted by atomic mass is 16.2. The summed E-state index contributed by atoms with van der Waals surface area (Å²) in [5.41, 5.74) is 0.337. The second-order valence-electron chi connectivity index (χ2n) is 5.94. The first-order valence-electron chi connectivity index (χ1n) is 8.01. The molecule has 2 aromatic rings. The van der Waals surface area contributed by atoms with Crippen LogP contribution in [0.3, 0.4) is 0 Å². The summed E-state index contributed by atoms with van der Waals surface area (Å²) >= 11 is 0. The average molecular weight is 302 g/mol. The molecule has 0 unspecified atom stereocenters. The number of fused-ring (bicyclic) bond motifs is 1. The van der Waals surface area contributed by atoms with Crippen LogP contribution in [0.15, 0.2) is 22.2 Å². The number of hydrogen-bond acceptors (Lipinski definition) is 3. The van der Waals surface area contributed by atoms with Gasteiger partial charge in [0.15, 0.2) is 5.65 Å². The number of nitrogens with one attached hydrogen (secondary N) is 1. The third kappa shape index (κ3) is 2.32. The molecule has 0 radical (unpaired) electrons. The molecule has 0 amide bonds. The molecule has 118 valence electrons. The number of aryl methyl sites for hydroxylation is 1. The minimum Gasteiger partial charge on any atom is -0.336 e. The van der Waals surface area contributed by atoms with Gasteiger partial charge in [0, 0.05) is 19.0 Å². The van der Waals surface area contributed by atoms with Crippen molar-refractivity contribution >= 4 is 11.2 Å². The molecule has 0 spiro atoms. The van der Waals surface area contributed by atoms with Gasteiger partial charge in [-0.2, -0.15) is 0 Å². The predicted molar refractivity (Wildman–Crippen MR) is 86.3 cm³/mol. The highest BCUT2D eigenvalue weighted by Crippen LogP contribution is 2.32. The second-order valence-corrected chi connectivity index (χ2v) is 5.94. The van der Waals surface area contributed by atoms with E-state index in [0.717, 1.165) is 25.1 Å². The summed E-state index contributed by atoms with van der Waals surface area (Å²) in [5.74, 6) is 1.23. The van der Waals surface area contributed by atoms with Crippen LogP contribution in [0, 0.1) is 0 Å². The third-order valence-electron chi connectivity index (χ3n) is 4.38. The molecular formula is C16H22N4O2. The van der Waals surface area contributed by atoms with E-state index in [1.54, 1.807) is 10.6 Å². The maximum atomic E-state index is 12.6. The van der Waals surface area contributed by atoms with Gasteiger partial charge < -0.3 is 4.98 Å². The van der Waals surface area contributed by atoms with E-state index in [4.69, 9.17) is 0 Å². The summed E-state index contributed by atoms with van der Waals surface area (Å²) in [7, 11) is 0. The van der Waals surface area contributed by atoms with Crippen LogP contribution in [0.1, 0.15) is 50.8 Å². The summed E-state index contributed by atoms with van der Waals surface area (Å²) < 4.78 is 2.83. The van der Waals surface area contributed by atoms with Gasteiger partial charge in [0.2, 0.25) is 0 Å². The largest absolute Gasteiger partial charge is 0.336 e. The summed E-state index contributed by atoms with van der Waals surface area (Å²) in [6.07, 6.45) is 6.97. The Hall–Kier alpha value is -2.11.